The molecule has 1 heterocycles. The van der Waals surface area contributed by atoms with Gasteiger partial charge in [-0.2, -0.15) is 0 Å². The van der Waals surface area contributed by atoms with Gasteiger partial charge in [0.05, 0.1) is 6.57 Å². The van der Waals surface area contributed by atoms with Gasteiger partial charge in [0.25, 0.3) is 0 Å². The Labute approximate surface area is 193 Å². The van der Waals surface area contributed by atoms with E-state index >= 15 is 0 Å². The number of nitrogens with zero attached hydrogens (tertiary/aromatic N) is 2. The number of hydrogen-bond donors (Lipinski definition) is 1. The standard InChI is InChI=1S/C27H35N3OSi/c1-18-22(9-8-10-25(18)28)24-17-30(26-14-11-19(29-5)15-23(24)26)20-12-13-21(16-20)31-32(6,7)27(2,3)4/h8-11,14-15,17,20-21H,12-13,16,28H2,1-4,6-7H3. The Hall–Kier alpha value is -2.55. The third-order valence-electron chi connectivity index (χ3n) is 7.63. The molecule has 0 radical (unpaired) electrons. The van der Waals surface area contributed by atoms with Crippen molar-refractivity contribution in [2.45, 2.75) is 77.2 Å². The van der Waals surface area contributed by atoms with Crippen LogP contribution in [0, 0.1) is 13.5 Å². The average Bonchev–Trinajstić information content (AvgIpc) is 3.32. The van der Waals surface area contributed by atoms with Gasteiger partial charge >= 0.3 is 0 Å². The molecule has 2 aromatic carbocycles. The van der Waals surface area contributed by atoms with Crippen LogP contribution in [0.15, 0.2) is 42.6 Å². The summed E-state index contributed by atoms with van der Waals surface area (Å²) in [5.74, 6) is 0. The topological polar surface area (TPSA) is 44.5 Å². The molecule has 2 unspecified atom stereocenters. The maximum atomic E-state index is 7.49. The summed E-state index contributed by atoms with van der Waals surface area (Å²) in [6.45, 7) is 21.2. The van der Waals surface area contributed by atoms with Crippen LogP contribution in [-0.2, 0) is 4.43 Å². The second-order valence-electron chi connectivity index (χ2n) is 10.8. The molecule has 4 rings (SSSR count). The van der Waals surface area contributed by atoms with Crippen molar-refractivity contribution in [2.75, 3.05) is 5.73 Å². The van der Waals surface area contributed by atoms with Crippen molar-refractivity contribution in [2.24, 2.45) is 0 Å². The van der Waals surface area contributed by atoms with Crippen LogP contribution >= 0.6 is 0 Å². The highest BCUT2D eigenvalue weighted by atomic mass is 28.4. The first kappa shape index (κ1) is 22.6. The molecule has 5 heteroatoms. The van der Waals surface area contributed by atoms with Crippen LogP contribution in [0.2, 0.25) is 18.1 Å². The van der Waals surface area contributed by atoms with Crippen LogP contribution < -0.4 is 5.73 Å². The summed E-state index contributed by atoms with van der Waals surface area (Å²) in [4.78, 5) is 3.68. The predicted molar refractivity (Wildman–Crippen MR) is 138 cm³/mol. The van der Waals surface area contributed by atoms with E-state index < -0.39 is 8.32 Å². The zero-order chi connectivity index (χ0) is 23.3. The lowest BCUT2D eigenvalue weighted by Gasteiger charge is -2.38. The first-order chi connectivity index (χ1) is 15.0. The summed E-state index contributed by atoms with van der Waals surface area (Å²) < 4.78 is 9.19. The molecule has 2 atom stereocenters. The van der Waals surface area contributed by atoms with Gasteiger partial charge in [0.15, 0.2) is 14.0 Å². The first-order valence-electron chi connectivity index (χ1n) is 11.6. The molecule has 0 bridgehead atoms. The van der Waals surface area contributed by atoms with E-state index in [0.29, 0.717) is 17.8 Å². The maximum absolute atomic E-state index is 7.49. The third-order valence-corrected chi connectivity index (χ3v) is 12.2. The van der Waals surface area contributed by atoms with Crippen molar-refractivity contribution >= 4 is 30.6 Å². The highest BCUT2D eigenvalue weighted by Crippen LogP contribution is 2.44. The van der Waals surface area contributed by atoms with Crippen molar-refractivity contribution in [3.8, 4) is 11.1 Å². The Morgan fingerprint density at radius 1 is 1.12 bits per heavy atom. The molecule has 1 aromatic heterocycles. The fraction of sp³-hybridized carbons (Fsp3) is 0.444. The lowest BCUT2D eigenvalue weighted by atomic mass is 9.99. The van der Waals surface area contributed by atoms with Crippen LogP contribution in [0.5, 0.6) is 0 Å². The summed E-state index contributed by atoms with van der Waals surface area (Å²) in [6.07, 6.45) is 5.85. The molecule has 1 aliphatic rings. The van der Waals surface area contributed by atoms with Gasteiger partial charge in [-0.3, -0.25) is 0 Å². The summed E-state index contributed by atoms with van der Waals surface area (Å²) >= 11 is 0. The Kier molecular flexibility index (Phi) is 5.73. The van der Waals surface area contributed by atoms with Crippen molar-refractivity contribution in [1.82, 2.24) is 4.57 Å². The Morgan fingerprint density at radius 2 is 1.88 bits per heavy atom. The van der Waals surface area contributed by atoms with Gasteiger partial charge in [0, 0.05) is 35.1 Å². The molecule has 0 saturated heterocycles. The molecule has 0 amide bonds. The Bertz CT molecular complexity index is 1200. The number of aromatic nitrogens is 1. The van der Waals surface area contributed by atoms with Gasteiger partial charge in [0.1, 0.15) is 0 Å². The molecule has 0 spiro atoms. The van der Waals surface area contributed by atoms with Gasteiger partial charge < -0.3 is 14.7 Å². The number of hydrogen-bond acceptors (Lipinski definition) is 2. The van der Waals surface area contributed by atoms with Gasteiger partial charge in [-0.05, 0) is 79.0 Å². The first-order valence-corrected chi connectivity index (χ1v) is 14.5. The summed E-state index contributed by atoms with van der Waals surface area (Å²) in [7, 11) is -1.78. The molecule has 0 aliphatic heterocycles. The number of fused-ring (bicyclic) bond motifs is 1. The van der Waals surface area contributed by atoms with E-state index in [-0.39, 0.29) is 5.04 Å². The second kappa shape index (κ2) is 8.10. The molecule has 1 saturated carbocycles. The van der Waals surface area contributed by atoms with Gasteiger partial charge in [-0.1, -0.05) is 39.0 Å². The number of anilines is 1. The fourth-order valence-electron chi connectivity index (χ4n) is 4.65. The largest absolute Gasteiger partial charge is 0.414 e. The number of benzene rings is 2. The molecule has 2 N–H and O–H groups in total. The van der Waals surface area contributed by atoms with E-state index in [0.717, 1.165) is 47.0 Å². The van der Waals surface area contributed by atoms with Crippen molar-refractivity contribution < 1.29 is 4.43 Å². The molecule has 3 aromatic rings. The van der Waals surface area contributed by atoms with E-state index in [2.05, 4.69) is 68.5 Å². The minimum absolute atomic E-state index is 0.222. The highest BCUT2D eigenvalue weighted by Gasteiger charge is 2.41. The zero-order valence-corrected chi connectivity index (χ0v) is 21.2. The number of nitrogen functional groups attached to an aromatic ring is 1. The Morgan fingerprint density at radius 3 is 2.56 bits per heavy atom. The minimum atomic E-state index is -1.78. The molecular weight excluding hydrogens is 410 g/mol. The average molecular weight is 446 g/mol. The van der Waals surface area contributed by atoms with E-state index in [1.807, 2.05) is 24.3 Å². The minimum Gasteiger partial charge on any atom is -0.414 e. The van der Waals surface area contributed by atoms with Gasteiger partial charge in [-0.25, -0.2) is 4.85 Å². The molecule has 1 fully saturated rings. The van der Waals surface area contributed by atoms with Gasteiger partial charge in [0.2, 0.25) is 0 Å². The van der Waals surface area contributed by atoms with Crippen LogP contribution in [-0.4, -0.2) is 19.0 Å². The number of rotatable bonds is 4. The number of nitrogens with two attached hydrogens (primary N) is 1. The van der Waals surface area contributed by atoms with Crippen molar-refractivity contribution in [3.63, 3.8) is 0 Å². The van der Waals surface area contributed by atoms with Crippen LogP contribution in [0.4, 0.5) is 11.4 Å². The van der Waals surface area contributed by atoms with Crippen LogP contribution in [0.25, 0.3) is 26.9 Å². The normalized spacial score (nSPS) is 19.4. The smallest absolute Gasteiger partial charge is 0.192 e. The van der Waals surface area contributed by atoms with E-state index in [1.165, 1.54) is 5.52 Å². The zero-order valence-electron chi connectivity index (χ0n) is 20.2. The van der Waals surface area contributed by atoms with Crippen LogP contribution in [0.3, 0.4) is 0 Å². The fourth-order valence-corrected chi connectivity index (χ4v) is 6.05. The van der Waals surface area contributed by atoms with E-state index in [9.17, 15) is 0 Å². The van der Waals surface area contributed by atoms with Crippen LogP contribution in [0.1, 0.15) is 51.6 Å². The Balaban J connectivity index is 1.73. The molecule has 1 aliphatic carbocycles. The predicted octanol–water partition coefficient (Wildman–Crippen LogP) is 7.87. The van der Waals surface area contributed by atoms with Crippen molar-refractivity contribution in [1.29, 1.82) is 0 Å². The summed E-state index contributed by atoms with van der Waals surface area (Å²) in [5.41, 5.74) is 12.3. The quantitative estimate of drug-likeness (QED) is 0.252. The maximum Gasteiger partial charge on any atom is 0.192 e. The SMILES string of the molecule is [C-]#[N+]c1ccc2c(c1)c(-c1cccc(N)c1C)cn2C1CCC(O[Si](C)(C)C(C)(C)C)C1. The molecule has 4 nitrogen and oxygen atoms in total. The van der Waals surface area contributed by atoms with E-state index in [1.54, 1.807) is 0 Å². The molecule has 168 valence electrons. The van der Waals surface area contributed by atoms with Gasteiger partial charge in [-0.15, -0.1) is 0 Å². The molecule has 32 heavy (non-hydrogen) atoms. The monoisotopic (exact) mass is 445 g/mol. The van der Waals surface area contributed by atoms with Crippen molar-refractivity contribution in [3.05, 3.63) is 59.6 Å². The van der Waals surface area contributed by atoms with E-state index in [4.69, 9.17) is 16.7 Å². The summed E-state index contributed by atoms with van der Waals surface area (Å²) in [5, 5.41) is 1.35. The third kappa shape index (κ3) is 3.98. The second-order valence-corrected chi connectivity index (χ2v) is 15.5. The summed E-state index contributed by atoms with van der Waals surface area (Å²) in [6, 6.07) is 12.6. The lowest BCUT2D eigenvalue weighted by molar-refractivity contribution is 0.183. The lowest BCUT2D eigenvalue weighted by Crippen LogP contribution is -2.43. The molecular formula is C27H35N3OSi. The highest BCUT2D eigenvalue weighted by molar-refractivity contribution is 6.74.